The zero-order chi connectivity index (χ0) is 19.8. The molecule has 0 radical (unpaired) electrons. The Labute approximate surface area is 171 Å². The van der Waals surface area contributed by atoms with E-state index in [0.29, 0.717) is 38.0 Å². The van der Waals surface area contributed by atoms with Crippen molar-refractivity contribution in [2.45, 2.75) is 26.2 Å². The van der Waals surface area contributed by atoms with Crippen LogP contribution < -0.4 is 0 Å². The molecule has 2 aromatic carbocycles. The number of carbonyl (C=O) groups is 1. The number of carboxylic acid groups (broad SMARTS) is 1. The Hall–Kier alpha value is -2.56. The Kier molecular flexibility index (Phi) is 5.00. The molecule has 2 heterocycles. The molecule has 0 bridgehead atoms. The molecule has 0 aliphatic rings. The van der Waals surface area contributed by atoms with Crippen molar-refractivity contribution in [3.8, 4) is 11.5 Å². The summed E-state index contributed by atoms with van der Waals surface area (Å²) in [6, 6.07) is 12.4. The third-order valence-electron chi connectivity index (χ3n) is 4.71. The molecule has 0 saturated heterocycles. The number of benzene rings is 2. The van der Waals surface area contributed by atoms with E-state index in [0.717, 1.165) is 30.2 Å². The van der Waals surface area contributed by atoms with Crippen LogP contribution in [0, 0.1) is 0 Å². The van der Waals surface area contributed by atoms with Crippen LogP contribution in [0.15, 0.2) is 46.9 Å². The lowest BCUT2D eigenvalue weighted by Crippen LogP contribution is -2.01. The van der Waals surface area contributed by atoms with Crippen LogP contribution in [-0.4, -0.2) is 16.1 Å². The lowest BCUT2D eigenvalue weighted by Gasteiger charge is -2.08. The first-order chi connectivity index (χ1) is 13.5. The first kappa shape index (κ1) is 18.8. The van der Waals surface area contributed by atoms with Crippen molar-refractivity contribution in [2.75, 3.05) is 0 Å². The van der Waals surface area contributed by atoms with Crippen LogP contribution in [0.25, 0.3) is 33.3 Å². The van der Waals surface area contributed by atoms with Gasteiger partial charge in [-0.2, -0.15) is 0 Å². The van der Waals surface area contributed by atoms with Crippen molar-refractivity contribution < 1.29 is 14.3 Å². The number of aromatic carboxylic acids is 1. The van der Waals surface area contributed by atoms with Gasteiger partial charge in [-0.3, -0.25) is 0 Å². The number of aromatic nitrogens is 1. The highest BCUT2D eigenvalue weighted by Gasteiger charge is 2.17. The van der Waals surface area contributed by atoms with E-state index in [9.17, 15) is 9.90 Å². The average Bonchev–Trinajstić information content (AvgIpc) is 3.09. The minimum absolute atomic E-state index is 0.197. The molecule has 0 amide bonds. The normalized spacial score (nSPS) is 11.4. The Morgan fingerprint density at radius 1 is 1.14 bits per heavy atom. The highest BCUT2D eigenvalue weighted by atomic mass is 35.5. The molecule has 0 fully saturated rings. The van der Waals surface area contributed by atoms with Gasteiger partial charge in [0.05, 0.1) is 16.1 Å². The van der Waals surface area contributed by atoms with Gasteiger partial charge in [0.2, 0.25) is 0 Å². The summed E-state index contributed by atoms with van der Waals surface area (Å²) in [6.45, 7) is 2.13. The largest absolute Gasteiger partial charge is 0.478 e. The summed E-state index contributed by atoms with van der Waals surface area (Å²) in [5.74, 6) is -0.558. The second-order valence-electron chi connectivity index (χ2n) is 6.73. The summed E-state index contributed by atoms with van der Waals surface area (Å²) in [7, 11) is 0. The average molecular weight is 414 g/mol. The number of furan rings is 1. The zero-order valence-electron chi connectivity index (χ0n) is 15.1. The number of rotatable bonds is 5. The van der Waals surface area contributed by atoms with Gasteiger partial charge in [0.15, 0.2) is 11.3 Å². The second kappa shape index (κ2) is 7.46. The van der Waals surface area contributed by atoms with Crippen LogP contribution in [0.3, 0.4) is 0 Å². The van der Waals surface area contributed by atoms with Crippen molar-refractivity contribution in [1.82, 2.24) is 4.98 Å². The maximum absolute atomic E-state index is 11.9. The number of nitrogens with zero attached hydrogens (tertiary/aromatic N) is 1. The number of hydrogen-bond acceptors (Lipinski definition) is 3. The maximum Gasteiger partial charge on any atom is 0.336 e. The third kappa shape index (κ3) is 3.46. The molecule has 6 heteroatoms. The Morgan fingerprint density at radius 3 is 2.71 bits per heavy atom. The highest BCUT2D eigenvalue weighted by molar-refractivity contribution is 6.38. The fraction of sp³-hybridized carbons (Fsp3) is 0.182. The summed E-state index contributed by atoms with van der Waals surface area (Å²) in [5.41, 5.74) is 2.85. The van der Waals surface area contributed by atoms with Crippen LogP contribution in [0.2, 0.25) is 10.0 Å². The highest BCUT2D eigenvalue weighted by Crippen LogP contribution is 2.35. The standard InChI is InChI=1S/C22H17Cl2NO3/c1-2-3-4-12-5-6-18-15(7-12)16(22(26)27)11-19(25-18)20-9-13-8-14(23)10-17(24)21(13)28-20/h5-11H,2-4H2,1H3,(H,26,27). The Morgan fingerprint density at radius 2 is 1.96 bits per heavy atom. The molecule has 142 valence electrons. The van der Waals surface area contributed by atoms with Gasteiger partial charge in [0, 0.05) is 15.8 Å². The maximum atomic E-state index is 11.9. The first-order valence-corrected chi connectivity index (χ1v) is 9.78. The van der Waals surface area contributed by atoms with Crippen molar-refractivity contribution in [3.05, 3.63) is 63.6 Å². The Bertz CT molecular complexity index is 1210. The zero-order valence-corrected chi connectivity index (χ0v) is 16.6. The number of pyridine rings is 1. The number of carboxylic acids is 1. The molecule has 2 aromatic heterocycles. The Balaban J connectivity index is 1.88. The van der Waals surface area contributed by atoms with Crippen molar-refractivity contribution in [1.29, 1.82) is 0 Å². The summed E-state index contributed by atoms with van der Waals surface area (Å²) in [4.78, 5) is 16.5. The summed E-state index contributed by atoms with van der Waals surface area (Å²) < 4.78 is 5.85. The molecule has 28 heavy (non-hydrogen) atoms. The topological polar surface area (TPSA) is 63.3 Å². The molecule has 0 spiro atoms. The van der Waals surface area contributed by atoms with Crippen molar-refractivity contribution >= 4 is 51.0 Å². The predicted octanol–water partition coefficient (Wildman–Crippen LogP) is 7.00. The predicted molar refractivity (Wildman–Crippen MR) is 113 cm³/mol. The van der Waals surface area contributed by atoms with Crippen LogP contribution in [-0.2, 0) is 6.42 Å². The number of aryl methyl sites for hydroxylation is 1. The first-order valence-electron chi connectivity index (χ1n) is 9.02. The fourth-order valence-corrected chi connectivity index (χ4v) is 3.86. The van der Waals surface area contributed by atoms with Crippen molar-refractivity contribution in [2.24, 2.45) is 0 Å². The smallest absolute Gasteiger partial charge is 0.336 e. The van der Waals surface area contributed by atoms with E-state index in [1.165, 1.54) is 0 Å². The second-order valence-corrected chi connectivity index (χ2v) is 7.58. The van der Waals surface area contributed by atoms with Gasteiger partial charge in [-0.15, -0.1) is 0 Å². The molecule has 0 aliphatic carbocycles. The molecular weight excluding hydrogens is 397 g/mol. The lowest BCUT2D eigenvalue weighted by atomic mass is 10.0. The van der Waals surface area contributed by atoms with Crippen LogP contribution >= 0.6 is 23.2 Å². The van der Waals surface area contributed by atoms with Crippen LogP contribution in [0.1, 0.15) is 35.7 Å². The molecule has 4 rings (SSSR count). The van der Waals surface area contributed by atoms with E-state index in [1.54, 1.807) is 24.3 Å². The van der Waals surface area contributed by atoms with Gasteiger partial charge in [0.1, 0.15) is 5.69 Å². The number of halogens is 2. The van der Waals surface area contributed by atoms with E-state index in [-0.39, 0.29) is 5.56 Å². The molecule has 1 N–H and O–H groups in total. The molecule has 0 saturated carbocycles. The number of unbranched alkanes of at least 4 members (excludes halogenated alkanes) is 1. The lowest BCUT2D eigenvalue weighted by molar-refractivity contribution is 0.0699. The van der Waals surface area contributed by atoms with E-state index in [2.05, 4.69) is 11.9 Å². The van der Waals surface area contributed by atoms with Gasteiger partial charge < -0.3 is 9.52 Å². The van der Waals surface area contributed by atoms with E-state index in [4.69, 9.17) is 27.6 Å². The van der Waals surface area contributed by atoms with Gasteiger partial charge in [0.25, 0.3) is 0 Å². The third-order valence-corrected chi connectivity index (χ3v) is 5.21. The summed E-state index contributed by atoms with van der Waals surface area (Å²) >= 11 is 12.3. The van der Waals surface area contributed by atoms with Gasteiger partial charge in [-0.1, -0.05) is 42.6 Å². The fourth-order valence-electron chi connectivity index (χ4n) is 3.31. The number of fused-ring (bicyclic) bond motifs is 2. The monoisotopic (exact) mass is 413 g/mol. The summed E-state index contributed by atoms with van der Waals surface area (Å²) in [5, 5.41) is 12.0. The summed E-state index contributed by atoms with van der Waals surface area (Å²) in [6.07, 6.45) is 3.05. The van der Waals surface area contributed by atoms with Crippen LogP contribution in [0.5, 0.6) is 0 Å². The number of hydrogen-bond donors (Lipinski definition) is 1. The van der Waals surface area contributed by atoms with Gasteiger partial charge in [-0.25, -0.2) is 9.78 Å². The van der Waals surface area contributed by atoms with E-state index >= 15 is 0 Å². The van der Waals surface area contributed by atoms with E-state index < -0.39 is 5.97 Å². The van der Waals surface area contributed by atoms with Gasteiger partial charge in [-0.05, 0) is 54.8 Å². The molecule has 4 nitrogen and oxygen atoms in total. The SMILES string of the molecule is CCCCc1ccc2nc(-c3cc4cc(Cl)cc(Cl)c4o3)cc(C(=O)O)c2c1. The molecule has 0 unspecified atom stereocenters. The quantitative estimate of drug-likeness (QED) is 0.382. The molecule has 0 aliphatic heterocycles. The van der Waals surface area contributed by atoms with Gasteiger partial charge >= 0.3 is 5.97 Å². The minimum Gasteiger partial charge on any atom is -0.478 e. The minimum atomic E-state index is -1.00. The van der Waals surface area contributed by atoms with E-state index in [1.807, 2.05) is 18.2 Å². The molecule has 0 atom stereocenters. The molecule has 4 aromatic rings. The van der Waals surface area contributed by atoms with Crippen molar-refractivity contribution in [3.63, 3.8) is 0 Å². The van der Waals surface area contributed by atoms with Crippen LogP contribution in [0.4, 0.5) is 0 Å². The molecular formula is C22H17Cl2NO3.